The van der Waals surface area contributed by atoms with Gasteiger partial charge in [0.25, 0.3) is 5.91 Å². The van der Waals surface area contributed by atoms with Crippen molar-refractivity contribution in [1.29, 1.82) is 0 Å². The number of carboxylic acid groups (broad SMARTS) is 1. The number of carbonyl (C=O) groups is 2. The standard InChI is InChI=1S/C16H13BrFNO3/c17-12-3-1-2-10(8-12)9-14(16(21)22)19-15(20)11-4-6-13(18)7-5-11/h1-8,14H,9H2,(H,19,20)(H,21,22)/t14-/m0/s1. The van der Waals surface area contributed by atoms with Gasteiger partial charge in [-0.1, -0.05) is 28.1 Å². The summed E-state index contributed by atoms with van der Waals surface area (Å²) >= 11 is 3.31. The zero-order valence-electron chi connectivity index (χ0n) is 11.4. The zero-order chi connectivity index (χ0) is 16.1. The van der Waals surface area contributed by atoms with Crippen LogP contribution in [-0.4, -0.2) is 23.0 Å². The summed E-state index contributed by atoms with van der Waals surface area (Å²) in [4.78, 5) is 23.3. The van der Waals surface area contributed by atoms with E-state index in [0.29, 0.717) is 0 Å². The minimum atomic E-state index is -1.13. The average molecular weight is 366 g/mol. The summed E-state index contributed by atoms with van der Waals surface area (Å²) in [6, 6.07) is 11.1. The molecule has 0 aliphatic heterocycles. The molecule has 0 spiro atoms. The van der Waals surface area contributed by atoms with E-state index in [4.69, 9.17) is 0 Å². The molecule has 2 N–H and O–H groups in total. The van der Waals surface area contributed by atoms with Crippen LogP contribution in [0.15, 0.2) is 53.0 Å². The maximum Gasteiger partial charge on any atom is 0.326 e. The number of rotatable bonds is 5. The van der Waals surface area contributed by atoms with Gasteiger partial charge in [-0.15, -0.1) is 0 Å². The molecule has 0 saturated heterocycles. The van der Waals surface area contributed by atoms with E-state index in [9.17, 15) is 19.1 Å². The molecule has 0 bridgehead atoms. The summed E-state index contributed by atoms with van der Waals surface area (Å²) in [7, 11) is 0. The summed E-state index contributed by atoms with van der Waals surface area (Å²) in [6.07, 6.45) is 0.154. The summed E-state index contributed by atoms with van der Waals surface area (Å²) in [5, 5.41) is 11.7. The third-order valence-electron chi connectivity index (χ3n) is 3.04. The Morgan fingerprint density at radius 1 is 1.18 bits per heavy atom. The lowest BCUT2D eigenvalue weighted by Crippen LogP contribution is -2.42. The third-order valence-corrected chi connectivity index (χ3v) is 3.53. The fourth-order valence-corrected chi connectivity index (χ4v) is 2.39. The molecule has 6 heteroatoms. The highest BCUT2D eigenvalue weighted by Crippen LogP contribution is 2.13. The molecule has 0 aliphatic rings. The van der Waals surface area contributed by atoms with Gasteiger partial charge in [-0.2, -0.15) is 0 Å². The smallest absolute Gasteiger partial charge is 0.326 e. The van der Waals surface area contributed by atoms with Gasteiger partial charge < -0.3 is 10.4 Å². The van der Waals surface area contributed by atoms with Crippen molar-refractivity contribution in [2.45, 2.75) is 12.5 Å². The van der Waals surface area contributed by atoms with Crippen molar-refractivity contribution < 1.29 is 19.1 Å². The Balaban J connectivity index is 2.10. The van der Waals surface area contributed by atoms with Crippen LogP contribution < -0.4 is 5.32 Å². The van der Waals surface area contributed by atoms with Gasteiger partial charge >= 0.3 is 5.97 Å². The number of hydrogen-bond donors (Lipinski definition) is 2. The fourth-order valence-electron chi connectivity index (χ4n) is 1.94. The monoisotopic (exact) mass is 365 g/mol. The molecule has 22 heavy (non-hydrogen) atoms. The van der Waals surface area contributed by atoms with E-state index in [1.807, 2.05) is 6.07 Å². The molecule has 114 valence electrons. The molecule has 1 atom stereocenters. The highest BCUT2D eigenvalue weighted by Gasteiger charge is 2.21. The molecule has 1 amide bonds. The molecule has 4 nitrogen and oxygen atoms in total. The van der Waals surface area contributed by atoms with Crippen LogP contribution in [0.2, 0.25) is 0 Å². The van der Waals surface area contributed by atoms with Crippen molar-refractivity contribution in [3.63, 3.8) is 0 Å². The predicted molar refractivity (Wildman–Crippen MR) is 83.1 cm³/mol. The number of halogens is 2. The van der Waals surface area contributed by atoms with Crippen LogP contribution >= 0.6 is 15.9 Å². The molecule has 0 heterocycles. The molecule has 0 fully saturated rings. The molecule has 0 aliphatic carbocycles. The average Bonchev–Trinajstić information content (AvgIpc) is 2.47. The minimum Gasteiger partial charge on any atom is -0.480 e. The van der Waals surface area contributed by atoms with Crippen LogP contribution in [0, 0.1) is 5.82 Å². The lowest BCUT2D eigenvalue weighted by atomic mass is 10.1. The highest BCUT2D eigenvalue weighted by atomic mass is 79.9. The summed E-state index contributed by atoms with van der Waals surface area (Å²) < 4.78 is 13.7. The Hall–Kier alpha value is -2.21. The molecular weight excluding hydrogens is 353 g/mol. The van der Waals surface area contributed by atoms with Crippen LogP contribution in [0.5, 0.6) is 0 Å². The number of benzene rings is 2. The van der Waals surface area contributed by atoms with Crippen molar-refractivity contribution in [3.8, 4) is 0 Å². The Labute approximate surface area is 135 Å². The first-order chi connectivity index (χ1) is 10.5. The Bertz CT molecular complexity index is 688. The van der Waals surface area contributed by atoms with Crippen LogP contribution in [-0.2, 0) is 11.2 Å². The van der Waals surface area contributed by atoms with Gasteiger partial charge in [0.15, 0.2) is 0 Å². The van der Waals surface area contributed by atoms with E-state index in [2.05, 4.69) is 21.2 Å². The van der Waals surface area contributed by atoms with E-state index in [-0.39, 0.29) is 12.0 Å². The summed E-state index contributed by atoms with van der Waals surface area (Å²) in [5.74, 6) is -2.14. The van der Waals surface area contributed by atoms with Gasteiger partial charge in [0.1, 0.15) is 11.9 Å². The SMILES string of the molecule is O=C(N[C@@H](Cc1cccc(Br)c1)C(=O)O)c1ccc(F)cc1. The van der Waals surface area contributed by atoms with Gasteiger partial charge in [-0.3, -0.25) is 4.79 Å². The van der Waals surface area contributed by atoms with Crippen LogP contribution in [0.1, 0.15) is 15.9 Å². The van der Waals surface area contributed by atoms with Crippen molar-refractivity contribution in [2.75, 3.05) is 0 Å². The van der Waals surface area contributed by atoms with Crippen LogP contribution in [0.4, 0.5) is 4.39 Å². The first-order valence-corrected chi connectivity index (χ1v) is 7.28. The lowest BCUT2D eigenvalue weighted by molar-refractivity contribution is -0.139. The normalized spacial score (nSPS) is 11.7. The largest absolute Gasteiger partial charge is 0.480 e. The number of aliphatic carboxylic acids is 1. The lowest BCUT2D eigenvalue weighted by Gasteiger charge is -2.15. The Morgan fingerprint density at radius 2 is 1.86 bits per heavy atom. The van der Waals surface area contributed by atoms with Crippen LogP contribution in [0.3, 0.4) is 0 Å². The van der Waals surface area contributed by atoms with E-state index in [1.165, 1.54) is 12.1 Å². The van der Waals surface area contributed by atoms with Gasteiger partial charge in [0.2, 0.25) is 0 Å². The number of carboxylic acids is 1. The molecule has 0 aromatic heterocycles. The maximum atomic E-state index is 12.8. The molecular formula is C16H13BrFNO3. The van der Waals surface area contributed by atoms with E-state index in [1.54, 1.807) is 18.2 Å². The molecule has 0 saturated carbocycles. The highest BCUT2D eigenvalue weighted by molar-refractivity contribution is 9.10. The number of carbonyl (C=O) groups excluding carboxylic acids is 1. The minimum absolute atomic E-state index is 0.154. The van der Waals surface area contributed by atoms with Crippen molar-refractivity contribution in [3.05, 3.63) is 69.9 Å². The molecule has 0 radical (unpaired) electrons. The van der Waals surface area contributed by atoms with Gasteiger partial charge in [0, 0.05) is 16.5 Å². The molecule has 2 aromatic rings. The number of hydrogen-bond acceptors (Lipinski definition) is 2. The number of amides is 1. The van der Waals surface area contributed by atoms with Crippen molar-refractivity contribution >= 4 is 27.8 Å². The summed E-state index contributed by atoms with van der Waals surface area (Å²) in [6.45, 7) is 0. The second-order valence-electron chi connectivity index (χ2n) is 4.71. The Morgan fingerprint density at radius 3 is 2.45 bits per heavy atom. The molecule has 0 unspecified atom stereocenters. The van der Waals surface area contributed by atoms with Gasteiger partial charge in [-0.05, 0) is 42.0 Å². The predicted octanol–water partition coefficient (Wildman–Crippen LogP) is 3.01. The Kier molecular flexibility index (Phi) is 5.27. The zero-order valence-corrected chi connectivity index (χ0v) is 13.0. The second kappa shape index (κ2) is 7.17. The second-order valence-corrected chi connectivity index (χ2v) is 5.62. The molecule has 2 rings (SSSR count). The van der Waals surface area contributed by atoms with Crippen molar-refractivity contribution in [1.82, 2.24) is 5.32 Å². The fraction of sp³-hybridized carbons (Fsp3) is 0.125. The van der Waals surface area contributed by atoms with Crippen molar-refractivity contribution in [2.24, 2.45) is 0 Å². The van der Waals surface area contributed by atoms with Gasteiger partial charge in [-0.25, -0.2) is 9.18 Å². The first-order valence-electron chi connectivity index (χ1n) is 6.49. The third kappa shape index (κ3) is 4.39. The van der Waals surface area contributed by atoms with E-state index in [0.717, 1.165) is 22.2 Å². The van der Waals surface area contributed by atoms with E-state index < -0.39 is 23.7 Å². The topological polar surface area (TPSA) is 66.4 Å². The van der Waals surface area contributed by atoms with Gasteiger partial charge in [0.05, 0.1) is 0 Å². The quantitative estimate of drug-likeness (QED) is 0.855. The van der Waals surface area contributed by atoms with Crippen LogP contribution in [0.25, 0.3) is 0 Å². The molecule has 2 aromatic carbocycles. The first kappa shape index (κ1) is 16.2. The maximum absolute atomic E-state index is 12.8. The summed E-state index contributed by atoms with van der Waals surface area (Å²) in [5.41, 5.74) is 0.989. The number of nitrogens with one attached hydrogen (secondary N) is 1. The van der Waals surface area contributed by atoms with E-state index >= 15 is 0 Å².